The first kappa shape index (κ1) is 16.9. The lowest BCUT2D eigenvalue weighted by atomic mass is 10.2. The number of nitrogens with zero attached hydrogens (tertiary/aromatic N) is 1. The third-order valence-electron chi connectivity index (χ3n) is 3.62. The molecule has 0 saturated heterocycles. The highest BCUT2D eigenvalue weighted by molar-refractivity contribution is 7.18. The van der Waals surface area contributed by atoms with Crippen LogP contribution in [0.4, 0.5) is 10.5 Å². The second-order valence-electron chi connectivity index (χ2n) is 5.54. The summed E-state index contributed by atoms with van der Waals surface area (Å²) in [6, 6.07) is 14.5. The number of benzene rings is 2. The van der Waals surface area contributed by atoms with E-state index in [0.29, 0.717) is 25.1 Å². The summed E-state index contributed by atoms with van der Waals surface area (Å²) in [6.07, 6.45) is 1.04. The number of fused-ring (bicyclic) bond motifs is 1. The lowest BCUT2D eigenvalue weighted by Crippen LogP contribution is -2.23. The van der Waals surface area contributed by atoms with Gasteiger partial charge < -0.3 is 16.4 Å². The van der Waals surface area contributed by atoms with Gasteiger partial charge in [0, 0.05) is 25.1 Å². The van der Waals surface area contributed by atoms with Gasteiger partial charge in [-0.15, -0.1) is 11.3 Å². The third-order valence-corrected chi connectivity index (χ3v) is 4.71. The number of rotatable bonds is 6. The van der Waals surface area contributed by atoms with Crippen LogP contribution in [0.15, 0.2) is 48.5 Å². The maximum absolute atomic E-state index is 12.0. The van der Waals surface area contributed by atoms with Gasteiger partial charge >= 0.3 is 6.03 Å². The summed E-state index contributed by atoms with van der Waals surface area (Å²) in [5.74, 6) is -0.0152. The number of aryl methyl sites for hydroxylation is 1. The molecule has 3 amide bonds. The van der Waals surface area contributed by atoms with Crippen molar-refractivity contribution in [2.24, 2.45) is 5.73 Å². The molecule has 2 aromatic carbocycles. The van der Waals surface area contributed by atoms with Crippen LogP contribution in [0.5, 0.6) is 0 Å². The normalized spacial score (nSPS) is 10.6. The van der Waals surface area contributed by atoms with Gasteiger partial charge in [0.05, 0.1) is 15.2 Å². The number of amides is 3. The number of thiazole rings is 1. The molecule has 3 aromatic rings. The van der Waals surface area contributed by atoms with Crippen LogP contribution in [0.1, 0.15) is 17.0 Å². The van der Waals surface area contributed by atoms with Gasteiger partial charge in [-0.2, -0.15) is 0 Å². The average Bonchev–Trinajstić information content (AvgIpc) is 3.02. The van der Waals surface area contributed by atoms with E-state index in [1.165, 1.54) is 0 Å². The standard InChI is InChI=1S/C18H18N4O2S/c19-18(24)21-13-7-5-12(6-8-13)11-20-16(23)9-10-17-22-14-3-1-2-4-15(14)25-17/h1-8H,9-11H2,(H,20,23)(H3,19,21,24). The molecule has 7 heteroatoms. The van der Waals surface area contributed by atoms with Crippen molar-refractivity contribution in [3.8, 4) is 0 Å². The van der Waals surface area contributed by atoms with Crippen LogP contribution >= 0.6 is 11.3 Å². The summed E-state index contributed by atoms with van der Waals surface area (Å²) in [4.78, 5) is 27.3. The van der Waals surface area contributed by atoms with Crippen molar-refractivity contribution in [3.63, 3.8) is 0 Å². The van der Waals surface area contributed by atoms with Crippen LogP contribution < -0.4 is 16.4 Å². The number of hydrogen-bond acceptors (Lipinski definition) is 4. The van der Waals surface area contributed by atoms with Gasteiger partial charge in [-0.05, 0) is 29.8 Å². The lowest BCUT2D eigenvalue weighted by molar-refractivity contribution is -0.121. The second kappa shape index (κ2) is 7.76. The van der Waals surface area contributed by atoms with E-state index in [4.69, 9.17) is 5.73 Å². The number of primary amides is 1. The maximum atomic E-state index is 12.0. The minimum atomic E-state index is -0.601. The van der Waals surface area contributed by atoms with Crippen LogP contribution in [0.3, 0.4) is 0 Å². The van der Waals surface area contributed by atoms with Gasteiger partial charge in [-0.1, -0.05) is 24.3 Å². The molecule has 0 bridgehead atoms. The summed E-state index contributed by atoms with van der Waals surface area (Å²) in [5.41, 5.74) is 7.61. The van der Waals surface area contributed by atoms with E-state index >= 15 is 0 Å². The van der Waals surface area contributed by atoms with E-state index in [-0.39, 0.29) is 5.91 Å². The predicted molar refractivity (Wildman–Crippen MR) is 99.4 cm³/mol. The molecule has 0 spiro atoms. The molecule has 0 aliphatic carbocycles. The largest absolute Gasteiger partial charge is 0.352 e. The Bertz CT molecular complexity index is 856. The molecule has 0 aliphatic heterocycles. The van der Waals surface area contributed by atoms with Gasteiger partial charge in [0.1, 0.15) is 0 Å². The van der Waals surface area contributed by atoms with Crippen molar-refractivity contribution >= 4 is 39.2 Å². The summed E-state index contributed by atoms with van der Waals surface area (Å²) in [6.45, 7) is 0.440. The maximum Gasteiger partial charge on any atom is 0.316 e. The Morgan fingerprint density at radius 2 is 1.84 bits per heavy atom. The number of carbonyl (C=O) groups excluding carboxylic acids is 2. The van der Waals surface area contributed by atoms with Crippen molar-refractivity contribution in [2.45, 2.75) is 19.4 Å². The summed E-state index contributed by atoms with van der Waals surface area (Å²) >= 11 is 1.62. The minimum absolute atomic E-state index is 0.0152. The molecule has 25 heavy (non-hydrogen) atoms. The van der Waals surface area contributed by atoms with E-state index in [1.807, 2.05) is 36.4 Å². The van der Waals surface area contributed by atoms with Gasteiger partial charge in [0.25, 0.3) is 0 Å². The van der Waals surface area contributed by atoms with Crippen LogP contribution in [0.2, 0.25) is 0 Å². The number of para-hydroxylation sites is 1. The Balaban J connectivity index is 1.47. The van der Waals surface area contributed by atoms with Crippen LogP contribution in [-0.2, 0) is 17.8 Å². The molecule has 3 rings (SSSR count). The van der Waals surface area contributed by atoms with Gasteiger partial charge in [-0.25, -0.2) is 9.78 Å². The average molecular weight is 354 g/mol. The molecule has 0 fully saturated rings. The van der Waals surface area contributed by atoms with E-state index in [9.17, 15) is 9.59 Å². The van der Waals surface area contributed by atoms with E-state index in [0.717, 1.165) is 20.8 Å². The second-order valence-corrected chi connectivity index (χ2v) is 6.65. The highest BCUT2D eigenvalue weighted by atomic mass is 32.1. The molecule has 6 nitrogen and oxygen atoms in total. The number of nitrogens with two attached hydrogens (primary N) is 1. The molecular weight excluding hydrogens is 336 g/mol. The van der Waals surface area contributed by atoms with E-state index < -0.39 is 6.03 Å². The summed E-state index contributed by atoms with van der Waals surface area (Å²) in [7, 11) is 0. The van der Waals surface area contributed by atoms with Gasteiger partial charge in [0.2, 0.25) is 5.91 Å². The summed E-state index contributed by atoms with van der Waals surface area (Å²) in [5, 5.41) is 6.35. The molecule has 0 atom stereocenters. The van der Waals surface area contributed by atoms with Crippen molar-refractivity contribution < 1.29 is 9.59 Å². The molecule has 0 aliphatic rings. The molecule has 4 N–H and O–H groups in total. The molecule has 0 saturated carbocycles. The van der Waals surface area contributed by atoms with Crippen molar-refractivity contribution in [1.29, 1.82) is 0 Å². The van der Waals surface area contributed by atoms with Crippen molar-refractivity contribution in [3.05, 3.63) is 59.1 Å². The zero-order valence-corrected chi connectivity index (χ0v) is 14.3. The number of aromatic nitrogens is 1. The highest BCUT2D eigenvalue weighted by Crippen LogP contribution is 2.22. The zero-order chi connectivity index (χ0) is 17.6. The zero-order valence-electron chi connectivity index (χ0n) is 13.5. The quantitative estimate of drug-likeness (QED) is 0.635. The predicted octanol–water partition coefficient (Wildman–Crippen LogP) is 3.04. The molecule has 0 radical (unpaired) electrons. The van der Waals surface area contributed by atoms with Gasteiger partial charge in [0.15, 0.2) is 0 Å². The van der Waals surface area contributed by atoms with Crippen LogP contribution in [0, 0.1) is 0 Å². The molecule has 1 aromatic heterocycles. The minimum Gasteiger partial charge on any atom is -0.352 e. The first-order valence-electron chi connectivity index (χ1n) is 7.87. The number of carbonyl (C=O) groups is 2. The Morgan fingerprint density at radius 3 is 2.56 bits per heavy atom. The van der Waals surface area contributed by atoms with Crippen LogP contribution in [-0.4, -0.2) is 16.9 Å². The first-order chi connectivity index (χ1) is 12.1. The van der Waals surface area contributed by atoms with Gasteiger partial charge in [-0.3, -0.25) is 4.79 Å². The van der Waals surface area contributed by atoms with Crippen LogP contribution in [0.25, 0.3) is 10.2 Å². The SMILES string of the molecule is NC(=O)Nc1ccc(CNC(=O)CCc2nc3ccccc3s2)cc1. The van der Waals surface area contributed by atoms with E-state index in [1.54, 1.807) is 23.5 Å². The molecule has 128 valence electrons. The molecule has 0 unspecified atom stereocenters. The number of anilines is 1. The summed E-state index contributed by atoms with van der Waals surface area (Å²) < 4.78 is 1.14. The van der Waals surface area contributed by atoms with E-state index in [2.05, 4.69) is 15.6 Å². The Hall–Kier alpha value is -2.93. The number of hydrogen-bond donors (Lipinski definition) is 3. The number of nitrogens with one attached hydrogen (secondary N) is 2. The Labute approximate surface area is 149 Å². The topological polar surface area (TPSA) is 97.1 Å². The third kappa shape index (κ3) is 4.77. The molecular formula is C18H18N4O2S. The smallest absolute Gasteiger partial charge is 0.316 e. The lowest BCUT2D eigenvalue weighted by Gasteiger charge is -2.06. The fourth-order valence-corrected chi connectivity index (χ4v) is 3.35. The molecule has 1 heterocycles. The highest BCUT2D eigenvalue weighted by Gasteiger charge is 2.07. The fourth-order valence-electron chi connectivity index (χ4n) is 2.38. The Morgan fingerprint density at radius 1 is 1.08 bits per heavy atom. The number of urea groups is 1. The monoisotopic (exact) mass is 354 g/mol. The van der Waals surface area contributed by atoms with Crippen molar-refractivity contribution in [2.75, 3.05) is 5.32 Å². The fraction of sp³-hybridized carbons (Fsp3) is 0.167. The first-order valence-corrected chi connectivity index (χ1v) is 8.68. The van der Waals surface area contributed by atoms with Crippen molar-refractivity contribution in [1.82, 2.24) is 10.3 Å². The Kier molecular flexibility index (Phi) is 5.25.